The summed E-state index contributed by atoms with van der Waals surface area (Å²) >= 11 is 1.42. The maximum Gasteiger partial charge on any atom is 0.179 e. The fourth-order valence-corrected chi connectivity index (χ4v) is 1.92. The fourth-order valence-electron chi connectivity index (χ4n) is 1.01. The molecule has 4 nitrogen and oxygen atoms in total. The summed E-state index contributed by atoms with van der Waals surface area (Å²) in [7, 11) is 0. The maximum absolute atomic E-state index is 8.92. The molecule has 0 aliphatic heterocycles. The molecule has 0 saturated carbocycles. The van der Waals surface area contributed by atoms with Gasteiger partial charge in [-0.2, -0.15) is 10.2 Å². The minimum Gasteiger partial charge on any atom is -0.364 e. The van der Waals surface area contributed by atoms with E-state index in [1.807, 2.05) is 0 Å². The SMILES string of the molecule is OC(O)c1csc2cnncc12. The molecule has 0 aromatic carbocycles. The van der Waals surface area contributed by atoms with Crippen molar-refractivity contribution in [2.24, 2.45) is 0 Å². The van der Waals surface area contributed by atoms with E-state index in [4.69, 9.17) is 10.2 Å². The van der Waals surface area contributed by atoms with Gasteiger partial charge in [0, 0.05) is 16.3 Å². The molecule has 0 spiro atoms. The van der Waals surface area contributed by atoms with Crippen molar-refractivity contribution in [3.05, 3.63) is 23.3 Å². The van der Waals surface area contributed by atoms with Gasteiger partial charge < -0.3 is 10.2 Å². The van der Waals surface area contributed by atoms with Crippen molar-refractivity contribution in [3.8, 4) is 0 Å². The molecule has 2 aromatic heterocycles. The predicted molar refractivity (Wildman–Crippen MR) is 44.6 cm³/mol. The molecule has 0 unspecified atom stereocenters. The average molecular weight is 182 g/mol. The van der Waals surface area contributed by atoms with Crippen molar-refractivity contribution in [2.75, 3.05) is 0 Å². The van der Waals surface area contributed by atoms with E-state index in [1.54, 1.807) is 11.6 Å². The Morgan fingerprint density at radius 2 is 2.00 bits per heavy atom. The first-order valence-electron chi connectivity index (χ1n) is 3.33. The second kappa shape index (κ2) is 2.78. The summed E-state index contributed by atoms with van der Waals surface area (Å²) in [6, 6.07) is 0. The Kier molecular flexibility index (Phi) is 1.76. The highest BCUT2D eigenvalue weighted by Crippen LogP contribution is 2.27. The molecule has 2 rings (SSSR count). The second-order valence-electron chi connectivity index (χ2n) is 2.33. The lowest BCUT2D eigenvalue weighted by atomic mass is 10.2. The van der Waals surface area contributed by atoms with Crippen LogP contribution in [0, 0.1) is 0 Å². The topological polar surface area (TPSA) is 66.2 Å². The van der Waals surface area contributed by atoms with E-state index in [1.165, 1.54) is 17.5 Å². The van der Waals surface area contributed by atoms with E-state index in [0.29, 0.717) is 5.56 Å². The van der Waals surface area contributed by atoms with Gasteiger partial charge in [-0.1, -0.05) is 0 Å². The minimum atomic E-state index is -1.43. The van der Waals surface area contributed by atoms with Crippen LogP contribution in [0.3, 0.4) is 0 Å². The van der Waals surface area contributed by atoms with Crippen LogP contribution < -0.4 is 0 Å². The van der Waals surface area contributed by atoms with Crippen LogP contribution >= 0.6 is 11.3 Å². The Balaban J connectivity index is 2.70. The van der Waals surface area contributed by atoms with Crippen molar-refractivity contribution in [2.45, 2.75) is 6.29 Å². The zero-order valence-corrected chi connectivity index (χ0v) is 6.82. The normalized spacial score (nSPS) is 11.2. The first-order valence-corrected chi connectivity index (χ1v) is 4.21. The van der Waals surface area contributed by atoms with Crippen molar-refractivity contribution < 1.29 is 10.2 Å². The van der Waals surface area contributed by atoms with Crippen molar-refractivity contribution in [1.82, 2.24) is 10.2 Å². The lowest BCUT2D eigenvalue weighted by molar-refractivity contribution is -0.0410. The third kappa shape index (κ3) is 1.08. The number of hydrogen-bond donors (Lipinski definition) is 2. The molecule has 2 heterocycles. The molecular formula is C7H6N2O2S. The van der Waals surface area contributed by atoms with Crippen molar-refractivity contribution in [3.63, 3.8) is 0 Å². The zero-order chi connectivity index (χ0) is 8.55. The molecule has 0 aliphatic carbocycles. The van der Waals surface area contributed by atoms with Crippen molar-refractivity contribution >= 4 is 21.4 Å². The first-order chi connectivity index (χ1) is 5.79. The fraction of sp³-hybridized carbons (Fsp3) is 0.143. The highest BCUT2D eigenvalue weighted by atomic mass is 32.1. The molecule has 62 valence electrons. The molecule has 0 bridgehead atoms. The summed E-state index contributed by atoms with van der Waals surface area (Å²) in [6.45, 7) is 0. The van der Waals surface area contributed by atoms with E-state index >= 15 is 0 Å². The number of thiophene rings is 1. The van der Waals surface area contributed by atoms with Gasteiger partial charge >= 0.3 is 0 Å². The van der Waals surface area contributed by atoms with E-state index in [-0.39, 0.29) is 0 Å². The molecule has 2 N–H and O–H groups in total. The van der Waals surface area contributed by atoms with Gasteiger partial charge in [-0.05, 0) is 0 Å². The van der Waals surface area contributed by atoms with E-state index in [0.717, 1.165) is 10.1 Å². The number of aliphatic hydroxyl groups excluding tert-OH is 1. The van der Waals surface area contributed by atoms with Gasteiger partial charge in [0.2, 0.25) is 0 Å². The maximum atomic E-state index is 8.92. The van der Waals surface area contributed by atoms with Gasteiger partial charge in [0.1, 0.15) is 0 Å². The molecule has 5 heteroatoms. The molecule has 0 fully saturated rings. The number of hydrogen-bond acceptors (Lipinski definition) is 5. The molecule has 0 saturated heterocycles. The summed E-state index contributed by atoms with van der Waals surface area (Å²) in [4.78, 5) is 0. The van der Waals surface area contributed by atoms with Gasteiger partial charge in [-0.3, -0.25) is 0 Å². The number of aromatic nitrogens is 2. The Morgan fingerprint density at radius 1 is 1.25 bits per heavy atom. The molecule has 0 radical (unpaired) electrons. The van der Waals surface area contributed by atoms with Crippen LogP contribution in [0.4, 0.5) is 0 Å². The zero-order valence-electron chi connectivity index (χ0n) is 6.01. The van der Waals surface area contributed by atoms with Crippen LogP contribution in [-0.4, -0.2) is 20.4 Å². The van der Waals surface area contributed by atoms with Gasteiger partial charge in [-0.25, -0.2) is 0 Å². The van der Waals surface area contributed by atoms with Gasteiger partial charge in [0.25, 0.3) is 0 Å². The minimum absolute atomic E-state index is 0.491. The van der Waals surface area contributed by atoms with Gasteiger partial charge in [0.15, 0.2) is 6.29 Å². The standard InChI is InChI=1S/C7H6N2O2S/c10-7(11)5-3-12-6-2-9-8-1-4(5)6/h1-3,7,10-11H. The van der Waals surface area contributed by atoms with Gasteiger partial charge in [-0.15, -0.1) is 11.3 Å². The predicted octanol–water partition coefficient (Wildman–Crippen LogP) is 0.674. The molecule has 0 amide bonds. The van der Waals surface area contributed by atoms with Gasteiger partial charge in [0.05, 0.1) is 17.1 Å². The second-order valence-corrected chi connectivity index (χ2v) is 3.24. The number of nitrogens with zero attached hydrogens (tertiary/aromatic N) is 2. The Morgan fingerprint density at radius 3 is 2.75 bits per heavy atom. The van der Waals surface area contributed by atoms with E-state index < -0.39 is 6.29 Å². The van der Waals surface area contributed by atoms with Crippen LogP contribution in [0.5, 0.6) is 0 Å². The molecule has 0 aliphatic rings. The van der Waals surface area contributed by atoms with Crippen LogP contribution in [0.25, 0.3) is 10.1 Å². The third-order valence-electron chi connectivity index (χ3n) is 1.60. The quantitative estimate of drug-likeness (QED) is 0.636. The van der Waals surface area contributed by atoms with Crippen LogP contribution in [0.2, 0.25) is 0 Å². The van der Waals surface area contributed by atoms with Crippen LogP contribution in [0.1, 0.15) is 11.9 Å². The molecule has 2 aromatic rings. The smallest absolute Gasteiger partial charge is 0.179 e. The molecule has 12 heavy (non-hydrogen) atoms. The lowest BCUT2D eigenvalue weighted by Crippen LogP contribution is -1.92. The lowest BCUT2D eigenvalue weighted by Gasteiger charge is -1.98. The average Bonchev–Trinajstić information content (AvgIpc) is 2.47. The highest BCUT2D eigenvalue weighted by Gasteiger charge is 2.09. The first kappa shape index (κ1) is 7.60. The summed E-state index contributed by atoms with van der Waals surface area (Å²) < 4.78 is 0.910. The monoisotopic (exact) mass is 182 g/mol. The summed E-state index contributed by atoms with van der Waals surface area (Å²) in [5, 5.41) is 27.6. The summed E-state index contributed by atoms with van der Waals surface area (Å²) in [6.07, 6.45) is 1.70. The third-order valence-corrected chi connectivity index (χ3v) is 2.55. The highest BCUT2D eigenvalue weighted by molar-refractivity contribution is 7.17. The van der Waals surface area contributed by atoms with E-state index in [9.17, 15) is 0 Å². The van der Waals surface area contributed by atoms with E-state index in [2.05, 4.69) is 10.2 Å². The summed E-state index contributed by atoms with van der Waals surface area (Å²) in [5.74, 6) is 0. The Labute approximate surface area is 72.1 Å². The Bertz CT molecular complexity index is 399. The number of aliphatic hydroxyl groups is 2. The van der Waals surface area contributed by atoms with Crippen molar-refractivity contribution in [1.29, 1.82) is 0 Å². The Hall–Kier alpha value is -1.04. The van der Waals surface area contributed by atoms with Crippen LogP contribution in [-0.2, 0) is 0 Å². The molecule has 0 atom stereocenters. The number of fused-ring (bicyclic) bond motifs is 1. The summed E-state index contributed by atoms with van der Waals surface area (Å²) in [5.41, 5.74) is 0.491. The molecular weight excluding hydrogens is 176 g/mol. The number of rotatable bonds is 1. The van der Waals surface area contributed by atoms with Crippen LogP contribution in [0.15, 0.2) is 17.8 Å². The largest absolute Gasteiger partial charge is 0.364 e.